The SMILES string of the molecule is CCc1ccc(C)cc1.CN(C=O)CCc1ccccn1.NC=O.OCCO. The van der Waals surface area contributed by atoms with Gasteiger partial charge in [0, 0.05) is 31.9 Å². The van der Waals surface area contributed by atoms with Crippen LogP contribution < -0.4 is 5.73 Å². The third-order valence-electron chi connectivity index (χ3n) is 3.26. The number of aromatic nitrogens is 1. The number of aryl methyl sites for hydroxylation is 2. The second-order valence-corrected chi connectivity index (χ2v) is 5.58. The highest BCUT2D eigenvalue weighted by Crippen LogP contribution is 2.02. The summed E-state index contributed by atoms with van der Waals surface area (Å²) in [6, 6.07) is 14.4. The summed E-state index contributed by atoms with van der Waals surface area (Å²) in [5, 5.41) is 15.2. The number of carbonyl (C=O) groups excluding carboxylic acids is 2. The summed E-state index contributed by atoms with van der Waals surface area (Å²) in [5.41, 5.74) is 7.94. The number of amides is 2. The van der Waals surface area contributed by atoms with Crippen molar-refractivity contribution in [2.75, 3.05) is 26.8 Å². The van der Waals surface area contributed by atoms with Gasteiger partial charge in [0.05, 0.1) is 13.2 Å². The van der Waals surface area contributed by atoms with Crippen molar-refractivity contribution in [3.8, 4) is 0 Å². The van der Waals surface area contributed by atoms with E-state index in [1.54, 1.807) is 18.1 Å². The minimum absolute atomic E-state index is 0.125. The van der Waals surface area contributed by atoms with E-state index in [4.69, 9.17) is 15.0 Å². The monoisotopic (exact) mass is 391 g/mol. The predicted octanol–water partition coefficient (Wildman–Crippen LogP) is 1.34. The summed E-state index contributed by atoms with van der Waals surface area (Å²) in [4.78, 5) is 24.6. The smallest absolute Gasteiger partial charge is 0.209 e. The standard InChI is InChI=1S/C9H12N2O.C9H12.C2H6O2.CH3NO/c1-11(8-12)7-5-9-4-2-3-6-10-9;1-3-9-6-4-8(2)5-7-9;3-1-2-4;2-1-3/h2-4,6,8H,5,7H2,1H3;4-7H,3H2,1-2H3;3-4H,1-2H2;1H,(H2,2,3). The van der Waals surface area contributed by atoms with Gasteiger partial charge in [0.2, 0.25) is 12.8 Å². The highest BCUT2D eigenvalue weighted by Gasteiger charge is 1.95. The zero-order valence-electron chi connectivity index (χ0n) is 17.0. The van der Waals surface area contributed by atoms with Gasteiger partial charge in [0.25, 0.3) is 0 Å². The minimum atomic E-state index is -0.125. The van der Waals surface area contributed by atoms with Crippen LogP contribution in [0.4, 0.5) is 0 Å². The van der Waals surface area contributed by atoms with Gasteiger partial charge < -0.3 is 20.8 Å². The van der Waals surface area contributed by atoms with Crippen molar-refractivity contribution in [1.29, 1.82) is 0 Å². The first-order chi connectivity index (χ1) is 13.5. The fourth-order valence-corrected chi connectivity index (χ4v) is 1.71. The van der Waals surface area contributed by atoms with Crippen LogP contribution in [0.25, 0.3) is 0 Å². The van der Waals surface area contributed by atoms with E-state index in [1.807, 2.05) is 18.2 Å². The Morgan fingerprint density at radius 2 is 1.64 bits per heavy atom. The van der Waals surface area contributed by atoms with Crippen molar-refractivity contribution in [1.82, 2.24) is 9.88 Å². The zero-order valence-corrected chi connectivity index (χ0v) is 17.0. The summed E-state index contributed by atoms with van der Waals surface area (Å²) >= 11 is 0. The number of primary amides is 1. The molecule has 0 saturated carbocycles. The lowest BCUT2D eigenvalue weighted by molar-refractivity contribution is -0.117. The molecule has 0 bridgehead atoms. The maximum atomic E-state index is 10.2. The van der Waals surface area contributed by atoms with Gasteiger partial charge in [0.15, 0.2) is 0 Å². The molecule has 0 atom stereocenters. The van der Waals surface area contributed by atoms with Gasteiger partial charge in [-0.05, 0) is 31.0 Å². The largest absolute Gasteiger partial charge is 0.394 e. The molecule has 0 saturated heterocycles. The predicted molar refractivity (Wildman–Crippen MR) is 112 cm³/mol. The fraction of sp³-hybridized carbons (Fsp3) is 0.381. The Balaban J connectivity index is 0. The molecule has 4 N–H and O–H groups in total. The molecule has 2 aromatic rings. The topological polar surface area (TPSA) is 117 Å². The number of pyridine rings is 1. The maximum Gasteiger partial charge on any atom is 0.209 e. The third-order valence-corrected chi connectivity index (χ3v) is 3.26. The molecule has 0 spiro atoms. The van der Waals surface area contributed by atoms with Gasteiger partial charge in [-0.25, -0.2) is 0 Å². The number of rotatable bonds is 6. The molecular weight excluding hydrogens is 358 g/mol. The Morgan fingerprint density at radius 3 is 2.04 bits per heavy atom. The molecule has 0 aliphatic heterocycles. The summed E-state index contributed by atoms with van der Waals surface area (Å²) in [5.74, 6) is 0. The van der Waals surface area contributed by atoms with Crippen molar-refractivity contribution in [3.05, 3.63) is 65.5 Å². The summed E-state index contributed by atoms with van der Waals surface area (Å²) in [7, 11) is 1.76. The third kappa shape index (κ3) is 18.0. The molecule has 1 heterocycles. The number of aliphatic hydroxyl groups excluding tert-OH is 2. The average molecular weight is 392 g/mol. The molecule has 0 aliphatic carbocycles. The number of carbonyl (C=O) groups is 2. The van der Waals surface area contributed by atoms with E-state index < -0.39 is 0 Å². The molecule has 1 aromatic heterocycles. The van der Waals surface area contributed by atoms with E-state index in [9.17, 15) is 4.79 Å². The second-order valence-electron chi connectivity index (χ2n) is 5.58. The van der Waals surface area contributed by atoms with Gasteiger partial charge in [-0.3, -0.25) is 14.6 Å². The van der Waals surface area contributed by atoms with E-state index in [0.717, 1.165) is 31.5 Å². The van der Waals surface area contributed by atoms with Gasteiger partial charge in [-0.1, -0.05) is 42.8 Å². The highest BCUT2D eigenvalue weighted by atomic mass is 16.3. The van der Waals surface area contributed by atoms with Crippen LogP contribution in [0.1, 0.15) is 23.7 Å². The molecular formula is C21H33N3O4. The van der Waals surface area contributed by atoms with Gasteiger partial charge in [-0.15, -0.1) is 0 Å². The van der Waals surface area contributed by atoms with E-state index in [-0.39, 0.29) is 19.6 Å². The van der Waals surface area contributed by atoms with Crippen molar-refractivity contribution in [3.63, 3.8) is 0 Å². The molecule has 1 aromatic carbocycles. The molecule has 2 rings (SSSR count). The van der Waals surface area contributed by atoms with Crippen molar-refractivity contribution >= 4 is 12.8 Å². The lowest BCUT2D eigenvalue weighted by Gasteiger charge is -2.08. The number of hydrogen-bond donors (Lipinski definition) is 3. The second kappa shape index (κ2) is 20.5. The molecule has 2 amide bonds. The molecule has 0 radical (unpaired) electrons. The van der Waals surface area contributed by atoms with Crippen LogP contribution in [-0.2, 0) is 22.4 Å². The Labute approximate surface area is 167 Å². The Hall–Kier alpha value is -2.77. The molecule has 7 nitrogen and oxygen atoms in total. The summed E-state index contributed by atoms with van der Waals surface area (Å²) in [6.07, 6.45) is 4.79. The number of likely N-dealkylation sites (N-methyl/N-ethyl adjacent to an activating group) is 1. The first-order valence-corrected chi connectivity index (χ1v) is 8.96. The Kier molecular flexibility index (Phi) is 20.1. The van der Waals surface area contributed by atoms with Crippen LogP contribution >= 0.6 is 0 Å². The zero-order chi connectivity index (χ0) is 21.6. The van der Waals surface area contributed by atoms with Crippen LogP contribution in [0.15, 0.2) is 48.7 Å². The average Bonchev–Trinajstić information content (AvgIpc) is 2.74. The van der Waals surface area contributed by atoms with Gasteiger partial charge >= 0.3 is 0 Å². The van der Waals surface area contributed by atoms with Gasteiger partial charge in [0.1, 0.15) is 0 Å². The van der Waals surface area contributed by atoms with E-state index in [2.05, 4.69) is 48.8 Å². The van der Waals surface area contributed by atoms with Gasteiger partial charge in [-0.2, -0.15) is 0 Å². The van der Waals surface area contributed by atoms with Crippen LogP contribution in [0.3, 0.4) is 0 Å². The van der Waals surface area contributed by atoms with E-state index >= 15 is 0 Å². The lowest BCUT2D eigenvalue weighted by Crippen LogP contribution is -2.19. The molecule has 28 heavy (non-hydrogen) atoms. The molecule has 156 valence electrons. The maximum absolute atomic E-state index is 10.2. The Bertz CT molecular complexity index is 590. The van der Waals surface area contributed by atoms with E-state index in [0.29, 0.717) is 0 Å². The molecule has 0 fully saturated rings. The quantitative estimate of drug-likeness (QED) is 0.643. The van der Waals surface area contributed by atoms with Crippen molar-refractivity contribution in [2.24, 2.45) is 5.73 Å². The summed E-state index contributed by atoms with van der Waals surface area (Å²) in [6.45, 7) is 4.75. The lowest BCUT2D eigenvalue weighted by atomic mass is 10.1. The van der Waals surface area contributed by atoms with Crippen molar-refractivity contribution < 1.29 is 19.8 Å². The highest BCUT2D eigenvalue weighted by molar-refractivity contribution is 5.46. The molecule has 0 aliphatic rings. The normalized spacial score (nSPS) is 8.61. The van der Waals surface area contributed by atoms with E-state index in [1.165, 1.54) is 11.1 Å². The van der Waals surface area contributed by atoms with Crippen LogP contribution in [0.5, 0.6) is 0 Å². The molecule has 0 unspecified atom stereocenters. The first kappa shape index (κ1) is 27.4. The number of benzene rings is 1. The number of nitrogens with zero attached hydrogens (tertiary/aromatic N) is 2. The summed E-state index contributed by atoms with van der Waals surface area (Å²) < 4.78 is 0. The minimum Gasteiger partial charge on any atom is -0.394 e. The fourth-order valence-electron chi connectivity index (χ4n) is 1.71. The number of hydrogen-bond acceptors (Lipinski definition) is 5. The Morgan fingerprint density at radius 1 is 1.07 bits per heavy atom. The van der Waals surface area contributed by atoms with Crippen LogP contribution in [0, 0.1) is 6.92 Å². The van der Waals surface area contributed by atoms with Crippen molar-refractivity contribution in [2.45, 2.75) is 26.7 Å². The number of nitrogens with two attached hydrogens (primary N) is 1. The van der Waals surface area contributed by atoms with Crippen LogP contribution in [-0.4, -0.2) is 59.7 Å². The number of aliphatic hydroxyl groups is 2. The molecule has 7 heteroatoms. The first-order valence-electron chi connectivity index (χ1n) is 8.96. The van der Waals surface area contributed by atoms with Crippen LogP contribution in [0.2, 0.25) is 0 Å².